The normalized spacial score (nSPS) is 15.8. The molecule has 2 amide bonds. The number of hydrogen-bond acceptors (Lipinski definition) is 8. The number of nitro groups is 1. The molecule has 0 aliphatic carbocycles. The number of rotatable bonds is 8. The van der Waals surface area contributed by atoms with Crippen molar-refractivity contribution in [2.24, 2.45) is 0 Å². The molecule has 1 heterocycles. The Hall–Kier alpha value is -3.87. The minimum atomic E-state index is -4.77. The second-order valence-electron chi connectivity index (χ2n) is 7.59. The average Bonchev–Trinajstić information content (AvgIpc) is 3.05. The fourth-order valence-corrected chi connectivity index (χ4v) is 3.82. The van der Waals surface area contributed by atoms with Gasteiger partial charge in [0.1, 0.15) is 12.3 Å². The molecule has 3 rings (SSSR count). The summed E-state index contributed by atoms with van der Waals surface area (Å²) in [5, 5.41) is 10.6. The van der Waals surface area contributed by atoms with E-state index in [4.69, 9.17) is 9.47 Å². The highest BCUT2D eigenvalue weighted by molar-refractivity contribution is 8.18. The van der Waals surface area contributed by atoms with E-state index in [1.807, 2.05) is 6.92 Å². The number of ether oxygens (including phenoxy) is 2. The van der Waals surface area contributed by atoms with Gasteiger partial charge in [0.2, 0.25) is 5.75 Å². The molecular formula is C23H19F3N2O7S. The lowest BCUT2D eigenvalue weighted by atomic mass is 10.1. The molecule has 13 heteroatoms. The zero-order chi connectivity index (χ0) is 26.6. The van der Waals surface area contributed by atoms with Gasteiger partial charge in [0, 0.05) is 6.07 Å². The van der Waals surface area contributed by atoms with Crippen molar-refractivity contribution in [3.8, 4) is 11.5 Å². The van der Waals surface area contributed by atoms with Crippen LogP contribution >= 0.6 is 11.8 Å². The zero-order valence-electron chi connectivity index (χ0n) is 18.9. The maximum absolute atomic E-state index is 12.9. The number of nitro benzene ring substituents is 1. The number of hydrogen-bond donors (Lipinski definition) is 0. The molecule has 0 bridgehead atoms. The van der Waals surface area contributed by atoms with Crippen LogP contribution in [0.25, 0.3) is 6.08 Å². The molecule has 1 saturated heterocycles. The van der Waals surface area contributed by atoms with E-state index in [1.165, 1.54) is 24.3 Å². The van der Waals surface area contributed by atoms with Crippen LogP contribution in [0.2, 0.25) is 0 Å². The van der Waals surface area contributed by atoms with E-state index >= 15 is 0 Å². The summed E-state index contributed by atoms with van der Waals surface area (Å²) in [6.45, 7) is 2.96. The number of carbonyl (C=O) groups excluding carboxylic acids is 3. The quantitative estimate of drug-likeness (QED) is 0.185. The molecule has 2 aromatic rings. The average molecular weight is 524 g/mol. The molecule has 1 atom stereocenters. The van der Waals surface area contributed by atoms with Gasteiger partial charge in [-0.1, -0.05) is 19.1 Å². The van der Waals surface area contributed by atoms with Gasteiger partial charge in [-0.15, -0.1) is 0 Å². The molecular weight excluding hydrogens is 505 g/mol. The fraction of sp³-hybridized carbons (Fsp3) is 0.261. The fourth-order valence-electron chi connectivity index (χ4n) is 2.98. The third kappa shape index (κ3) is 6.42. The Morgan fingerprint density at radius 2 is 1.94 bits per heavy atom. The number of carbonyl (C=O) groups is 3. The van der Waals surface area contributed by atoms with Crippen LogP contribution in [0.5, 0.6) is 11.5 Å². The largest absolute Gasteiger partial charge is 0.461 e. The summed E-state index contributed by atoms with van der Waals surface area (Å²) in [5.41, 5.74) is -1.70. The van der Waals surface area contributed by atoms with Crippen LogP contribution in [-0.2, 0) is 20.5 Å². The molecule has 36 heavy (non-hydrogen) atoms. The van der Waals surface area contributed by atoms with E-state index in [-0.39, 0.29) is 16.8 Å². The number of esters is 1. The summed E-state index contributed by atoms with van der Waals surface area (Å²) in [5.74, 6) is -1.79. The van der Waals surface area contributed by atoms with Crippen LogP contribution in [0.15, 0.2) is 47.4 Å². The molecule has 0 unspecified atom stereocenters. The lowest BCUT2D eigenvalue weighted by Gasteiger charge is -2.14. The molecule has 2 aromatic carbocycles. The first kappa shape index (κ1) is 26.7. The highest BCUT2D eigenvalue weighted by Crippen LogP contribution is 2.38. The van der Waals surface area contributed by atoms with Crippen molar-refractivity contribution in [3.63, 3.8) is 0 Å². The first-order valence-electron chi connectivity index (χ1n) is 10.5. The lowest BCUT2D eigenvalue weighted by molar-refractivity contribution is -0.385. The smallest absolute Gasteiger partial charge is 0.416 e. The second kappa shape index (κ2) is 10.8. The van der Waals surface area contributed by atoms with Crippen molar-refractivity contribution in [2.75, 3.05) is 6.54 Å². The molecule has 0 radical (unpaired) electrons. The first-order chi connectivity index (χ1) is 16.9. The van der Waals surface area contributed by atoms with Gasteiger partial charge in [-0.2, -0.15) is 13.2 Å². The highest BCUT2D eigenvalue weighted by atomic mass is 32.2. The minimum absolute atomic E-state index is 0.0222. The van der Waals surface area contributed by atoms with E-state index in [9.17, 15) is 37.7 Å². The van der Waals surface area contributed by atoms with Crippen LogP contribution < -0.4 is 4.74 Å². The number of alkyl halides is 3. The molecule has 9 nitrogen and oxygen atoms in total. The Morgan fingerprint density at radius 3 is 2.58 bits per heavy atom. The third-order valence-electron chi connectivity index (χ3n) is 4.93. The summed E-state index contributed by atoms with van der Waals surface area (Å²) < 4.78 is 49.3. The van der Waals surface area contributed by atoms with Crippen LogP contribution in [0, 0.1) is 10.1 Å². The predicted octanol–water partition coefficient (Wildman–Crippen LogP) is 5.78. The van der Waals surface area contributed by atoms with Crippen molar-refractivity contribution >= 4 is 40.6 Å². The highest BCUT2D eigenvalue weighted by Gasteiger charge is 2.37. The van der Waals surface area contributed by atoms with Gasteiger partial charge in [0.05, 0.1) is 21.5 Å². The molecule has 0 spiro atoms. The number of halogens is 3. The summed E-state index contributed by atoms with van der Waals surface area (Å²) in [6, 6.07) is 7.72. The number of nitrogens with zero attached hydrogens (tertiary/aromatic N) is 2. The van der Waals surface area contributed by atoms with E-state index in [2.05, 4.69) is 0 Å². The van der Waals surface area contributed by atoms with E-state index in [0.717, 1.165) is 11.0 Å². The lowest BCUT2D eigenvalue weighted by Crippen LogP contribution is -2.35. The maximum Gasteiger partial charge on any atom is 0.416 e. The van der Waals surface area contributed by atoms with Gasteiger partial charge in [-0.25, -0.2) is 0 Å². The molecule has 0 saturated carbocycles. The molecule has 1 fully saturated rings. The Labute approximate surface area is 207 Å². The molecule has 1 aliphatic heterocycles. The Kier molecular flexibility index (Phi) is 8.03. The topological polar surface area (TPSA) is 116 Å². The third-order valence-corrected chi connectivity index (χ3v) is 5.84. The van der Waals surface area contributed by atoms with Gasteiger partial charge in [-0.3, -0.25) is 29.4 Å². The molecule has 0 N–H and O–H groups in total. The van der Waals surface area contributed by atoms with Gasteiger partial charge < -0.3 is 9.47 Å². The SMILES string of the molecule is CC[C@@H](C)OC(=O)CN1C(=O)S/C(=C/c2cccc(Oc3ccc(C(F)(F)F)cc3[N+](=O)[O-])c2)C1=O. The van der Waals surface area contributed by atoms with E-state index in [1.54, 1.807) is 13.0 Å². The van der Waals surface area contributed by atoms with Gasteiger partial charge in [0.25, 0.3) is 11.1 Å². The predicted molar refractivity (Wildman–Crippen MR) is 123 cm³/mol. The van der Waals surface area contributed by atoms with Crippen LogP contribution in [-0.4, -0.2) is 39.6 Å². The molecule has 1 aliphatic rings. The van der Waals surface area contributed by atoms with Gasteiger partial charge in [-0.05, 0) is 61.0 Å². The Bertz CT molecular complexity index is 1250. The van der Waals surface area contributed by atoms with Crippen molar-refractivity contribution in [3.05, 3.63) is 68.6 Å². The zero-order valence-corrected chi connectivity index (χ0v) is 19.7. The van der Waals surface area contributed by atoms with Crippen molar-refractivity contribution in [2.45, 2.75) is 32.5 Å². The summed E-state index contributed by atoms with van der Waals surface area (Å²) in [6.07, 6.45) is -3.20. The summed E-state index contributed by atoms with van der Waals surface area (Å²) >= 11 is 0.617. The Morgan fingerprint density at radius 1 is 1.22 bits per heavy atom. The monoisotopic (exact) mass is 524 g/mol. The van der Waals surface area contributed by atoms with Crippen LogP contribution in [0.1, 0.15) is 31.4 Å². The van der Waals surface area contributed by atoms with E-state index < -0.39 is 51.8 Å². The standard InChI is InChI=1S/C23H19F3N2O7S/c1-3-13(2)34-20(29)12-27-21(30)19(36-22(27)31)10-14-5-4-6-16(9-14)35-18-8-7-15(23(24,25)26)11-17(18)28(32)33/h4-11,13H,3,12H2,1-2H3/b19-10+/t13-/m1/s1. The number of benzene rings is 2. The van der Waals surface area contributed by atoms with Gasteiger partial charge >= 0.3 is 17.8 Å². The van der Waals surface area contributed by atoms with Crippen LogP contribution in [0.4, 0.5) is 23.7 Å². The second-order valence-corrected chi connectivity index (χ2v) is 8.58. The summed E-state index contributed by atoms with van der Waals surface area (Å²) in [7, 11) is 0. The summed E-state index contributed by atoms with van der Waals surface area (Å²) in [4.78, 5) is 47.9. The van der Waals surface area contributed by atoms with Crippen molar-refractivity contribution in [1.29, 1.82) is 0 Å². The molecule has 0 aromatic heterocycles. The first-order valence-corrected chi connectivity index (χ1v) is 11.3. The maximum atomic E-state index is 12.9. The number of imide groups is 1. The minimum Gasteiger partial charge on any atom is -0.461 e. The Balaban J connectivity index is 1.79. The van der Waals surface area contributed by atoms with Crippen LogP contribution in [0.3, 0.4) is 0 Å². The molecule has 190 valence electrons. The number of thioether (sulfide) groups is 1. The number of amides is 2. The van der Waals surface area contributed by atoms with E-state index in [0.29, 0.717) is 35.9 Å². The van der Waals surface area contributed by atoms with Crippen molar-refractivity contribution < 1.29 is 42.0 Å². The van der Waals surface area contributed by atoms with Gasteiger partial charge in [0.15, 0.2) is 0 Å². The van der Waals surface area contributed by atoms with Crippen molar-refractivity contribution in [1.82, 2.24) is 4.90 Å².